The van der Waals surface area contributed by atoms with Gasteiger partial charge >= 0.3 is 7.60 Å². The Morgan fingerprint density at radius 3 is 2.64 bits per heavy atom. The maximum Gasteiger partial charge on any atom is 0.325 e. The molecule has 0 aliphatic carbocycles. The van der Waals surface area contributed by atoms with Gasteiger partial charge in [-0.2, -0.15) is 0 Å². The molecule has 3 radical (unpaired) electrons. The Morgan fingerprint density at radius 1 is 1.71 bits per heavy atom. The summed E-state index contributed by atoms with van der Waals surface area (Å²) < 4.78 is 20.8. The van der Waals surface area contributed by atoms with E-state index in [2.05, 4.69) is 0 Å². The SMILES string of the molecule is [B][C@H]1[CH-][C@@H](C)[C@@H](COP(C)(=O)O)O1.[Y]. The van der Waals surface area contributed by atoms with Crippen LogP contribution in [0.3, 0.4) is 0 Å². The molecule has 0 bridgehead atoms. The van der Waals surface area contributed by atoms with Crippen molar-refractivity contribution >= 4 is 15.4 Å². The normalized spacial score (nSPS) is 36.1. The second-order valence-electron chi connectivity index (χ2n) is 3.29. The van der Waals surface area contributed by atoms with Gasteiger partial charge in [0.1, 0.15) is 0 Å². The van der Waals surface area contributed by atoms with Gasteiger partial charge in [0.05, 0.1) is 20.6 Å². The molecule has 4 atom stereocenters. The monoisotopic (exact) mass is 292 g/mol. The molecule has 77 valence electrons. The van der Waals surface area contributed by atoms with Crippen LogP contribution in [0.2, 0.25) is 0 Å². The Bertz CT molecular complexity index is 222. The Kier molecular flexibility index (Phi) is 6.68. The Hall–Kier alpha value is 1.28. The molecule has 0 aromatic rings. The number of hydrogen-bond donors (Lipinski definition) is 1. The Morgan fingerprint density at radius 2 is 2.29 bits per heavy atom. The quantitative estimate of drug-likeness (QED) is 0.469. The van der Waals surface area contributed by atoms with Crippen LogP contribution in [0.25, 0.3) is 0 Å². The van der Waals surface area contributed by atoms with Gasteiger partial charge in [0.15, 0.2) is 0 Å². The van der Waals surface area contributed by atoms with Crippen LogP contribution in [0.15, 0.2) is 0 Å². The summed E-state index contributed by atoms with van der Waals surface area (Å²) in [5.74, 6) is 0.154. The molecule has 1 saturated heterocycles. The van der Waals surface area contributed by atoms with Crippen molar-refractivity contribution < 1.29 is 51.4 Å². The van der Waals surface area contributed by atoms with Gasteiger partial charge in [-0.25, -0.2) is 0 Å². The third-order valence-electron chi connectivity index (χ3n) is 1.89. The van der Waals surface area contributed by atoms with Crippen molar-refractivity contribution in [2.75, 3.05) is 13.3 Å². The van der Waals surface area contributed by atoms with Gasteiger partial charge in [0, 0.05) is 39.4 Å². The molecule has 7 heteroatoms. The van der Waals surface area contributed by atoms with Crippen molar-refractivity contribution in [2.24, 2.45) is 5.92 Å². The van der Waals surface area contributed by atoms with E-state index in [1.165, 1.54) is 0 Å². The summed E-state index contributed by atoms with van der Waals surface area (Å²) in [7, 11) is 2.09. The molecular formula is C7H13BO4PY-. The maximum atomic E-state index is 10.8. The van der Waals surface area contributed by atoms with E-state index in [9.17, 15) is 4.57 Å². The van der Waals surface area contributed by atoms with E-state index in [1.54, 1.807) is 0 Å². The van der Waals surface area contributed by atoms with E-state index in [-0.39, 0.29) is 51.3 Å². The molecule has 4 nitrogen and oxygen atoms in total. The van der Waals surface area contributed by atoms with Gasteiger partial charge in [-0.15, -0.1) is 5.92 Å². The zero-order valence-electron chi connectivity index (χ0n) is 8.29. The first-order valence-corrected chi connectivity index (χ1v) is 6.12. The zero-order valence-corrected chi connectivity index (χ0v) is 12.0. The third kappa shape index (κ3) is 5.39. The molecular weight excluding hydrogens is 279 g/mol. The van der Waals surface area contributed by atoms with Gasteiger partial charge in [-0.3, -0.25) is 4.57 Å². The topological polar surface area (TPSA) is 55.8 Å². The van der Waals surface area contributed by atoms with Crippen LogP contribution < -0.4 is 0 Å². The number of ether oxygens (including phenoxy) is 1. The van der Waals surface area contributed by atoms with E-state index in [4.69, 9.17) is 22.0 Å². The van der Waals surface area contributed by atoms with Crippen molar-refractivity contribution in [2.45, 2.75) is 19.0 Å². The first-order valence-electron chi connectivity index (χ1n) is 4.09. The van der Waals surface area contributed by atoms with Crippen molar-refractivity contribution in [3.63, 3.8) is 0 Å². The largest absolute Gasteiger partial charge is 0.415 e. The predicted molar refractivity (Wildman–Crippen MR) is 49.6 cm³/mol. The summed E-state index contributed by atoms with van der Waals surface area (Å²) in [6.45, 7) is 3.19. The Labute approximate surface area is 111 Å². The van der Waals surface area contributed by atoms with E-state index in [1.807, 2.05) is 13.3 Å². The first kappa shape index (κ1) is 15.3. The summed E-state index contributed by atoms with van der Waals surface area (Å²) in [4.78, 5) is 8.87. The molecule has 1 N–H and O–H groups in total. The minimum absolute atomic E-state index is 0. The third-order valence-corrected chi connectivity index (χ3v) is 2.52. The second kappa shape index (κ2) is 6.12. The van der Waals surface area contributed by atoms with Crippen LogP contribution in [0, 0.1) is 12.3 Å². The average molecular weight is 292 g/mol. The van der Waals surface area contributed by atoms with Gasteiger partial charge in [-0.05, 0) is 0 Å². The number of rotatable bonds is 3. The summed E-state index contributed by atoms with van der Waals surface area (Å²) in [5, 5.41) is 0. The molecule has 0 amide bonds. The summed E-state index contributed by atoms with van der Waals surface area (Å²) in [6, 6.07) is -0.390. The van der Waals surface area contributed by atoms with E-state index in [0.717, 1.165) is 6.66 Å². The summed E-state index contributed by atoms with van der Waals surface area (Å²) in [6.07, 6.45) is 1.63. The molecule has 0 aromatic heterocycles. The van der Waals surface area contributed by atoms with Gasteiger partial charge in [-0.1, -0.05) is 12.9 Å². The second-order valence-corrected chi connectivity index (χ2v) is 5.15. The van der Waals surface area contributed by atoms with Crippen molar-refractivity contribution in [3.05, 3.63) is 6.42 Å². The fraction of sp³-hybridized carbons (Fsp3) is 0.857. The molecule has 1 unspecified atom stereocenters. The van der Waals surface area contributed by atoms with Crippen LogP contribution >= 0.6 is 7.60 Å². The minimum atomic E-state index is -3.40. The predicted octanol–water partition coefficient (Wildman–Crippen LogP) is 0.549. The summed E-state index contributed by atoms with van der Waals surface area (Å²) in [5.41, 5.74) is 0. The van der Waals surface area contributed by atoms with Crippen LogP contribution in [-0.4, -0.2) is 38.1 Å². The fourth-order valence-electron chi connectivity index (χ4n) is 1.20. The average Bonchev–Trinajstić information content (AvgIpc) is 2.24. The van der Waals surface area contributed by atoms with E-state index >= 15 is 0 Å². The van der Waals surface area contributed by atoms with Gasteiger partial charge < -0.3 is 20.6 Å². The van der Waals surface area contributed by atoms with Crippen LogP contribution in [-0.2, 0) is 46.5 Å². The molecule has 0 spiro atoms. The fourth-order valence-corrected chi connectivity index (χ4v) is 1.62. The van der Waals surface area contributed by atoms with Gasteiger partial charge in [0.2, 0.25) is 0 Å². The molecule has 1 aliphatic heterocycles. The van der Waals surface area contributed by atoms with Crippen LogP contribution in [0.1, 0.15) is 6.92 Å². The van der Waals surface area contributed by atoms with E-state index in [0.29, 0.717) is 0 Å². The Balaban J connectivity index is 0.00000169. The summed E-state index contributed by atoms with van der Waals surface area (Å²) >= 11 is 0. The molecule has 1 heterocycles. The minimum Gasteiger partial charge on any atom is -0.415 e. The molecule has 14 heavy (non-hydrogen) atoms. The standard InChI is InChI=1S/C7H13BO4P.Y/c1-5-3-7(8)12-6(5)4-11-13(2,9)10;/h3,5-7H,4H2,1-2H3,(H,9,10);/q-1;/t5-,6-,7-;/m1./s1. The molecule has 1 fully saturated rings. The van der Waals surface area contributed by atoms with Crippen molar-refractivity contribution in [1.29, 1.82) is 0 Å². The molecule has 1 rings (SSSR count). The van der Waals surface area contributed by atoms with Crippen molar-refractivity contribution in [1.82, 2.24) is 0 Å². The van der Waals surface area contributed by atoms with Crippen LogP contribution in [0.5, 0.6) is 0 Å². The molecule has 0 aromatic carbocycles. The van der Waals surface area contributed by atoms with Crippen LogP contribution in [0.4, 0.5) is 0 Å². The molecule has 0 saturated carbocycles. The first-order chi connectivity index (χ1) is 5.88. The smallest absolute Gasteiger partial charge is 0.325 e. The van der Waals surface area contributed by atoms with Gasteiger partial charge in [0.25, 0.3) is 0 Å². The zero-order chi connectivity index (χ0) is 10.1. The van der Waals surface area contributed by atoms with Crippen molar-refractivity contribution in [3.8, 4) is 0 Å². The number of hydrogen-bond acceptors (Lipinski definition) is 3. The molecule has 1 aliphatic rings. The van der Waals surface area contributed by atoms with E-state index < -0.39 is 13.6 Å². The maximum absolute atomic E-state index is 10.8.